The predicted octanol–water partition coefficient (Wildman–Crippen LogP) is 2.79. The summed E-state index contributed by atoms with van der Waals surface area (Å²) in [5.74, 6) is 0.0422. The molecular weight excluding hydrogens is 296 g/mol. The standard InChI is InChI=1S/C13H11BrN2O2/c1-8-3-4-9(14)7-10(8)12(17)11-13(18-2)16-6-5-15-11/h3-7H,1-2H3. The van der Waals surface area contributed by atoms with Crippen molar-refractivity contribution >= 4 is 21.7 Å². The number of ketones is 1. The monoisotopic (exact) mass is 306 g/mol. The SMILES string of the molecule is COc1nccnc1C(=O)c1cc(Br)ccc1C. The summed E-state index contributed by atoms with van der Waals surface area (Å²) in [7, 11) is 1.47. The van der Waals surface area contributed by atoms with Crippen LogP contribution >= 0.6 is 15.9 Å². The Hall–Kier alpha value is -1.75. The van der Waals surface area contributed by atoms with E-state index in [2.05, 4.69) is 25.9 Å². The molecule has 5 heteroatoms. The Morgan fingerprint density at radius 2 is 2.00 bits per heavy atom. The molecule has 2 aromatic rings. The largest absolute Gasteiger partial charge is 0.479 e. The molecule has 4 nitrogen and oxygen atoms in total. The second-order valence-corrected chi connectivity index (χ2v) is 4.62. The molecule has 0 amide bonds. The maximum atomic E-state index is 12.4. The van der Waals surface area contributed by atoms with Crippen LogP contribution < -0.4 is 4.74 Å². The van der Waals surface area contributed by atoms with Crippen molar-refractivity contribution in [3.8, 4) is 5.88 Å². The molecule has 0 saturated heterocycles. The third kappa shape index (κ3) is 2.41. The number of carbonyl (C=O) groups excluding carboxylic acids is 1. The third-order valence-corrected chi connectivity index (χ3v) is 3.01. The number of hydrogen-bond donors (Lipinski definition) is 0. The summed E-state index contributed by atoms with van der Waals surface area (Å²) in [5, 5.41) is 0. The van der Waals surface area contributed by atoms with Crippen molar-refractivity contribution in [2.75, 3.05) is 7.11 Å². The lowest BCUT2D eigenvalue weighted by molar-refractivity contribution is 0.102. The van der Waals surface area contributed by atoms with Gasteiger partial charge in [-0.1, -0.05) is 22.0 Å². The van der Waals surface area contributed by atoms with E-state index in [1.54, 1.807) is 6.07 Å². The summed E-state index contributed by atoms with van der Waals surface area (Å²) in [5.41, 5.74) is 1.69. The van der Waals surface area contributed by atoms with E-state index in [1.165, 1.54) is 19.5 Å². The van der Waals surface area contributed by atoms with Gasteiger partial charge in [-0.05, 0) is 24.6 Å². The van der Waals surface area contributed by atoms with Crippen molar-refractivity contribution in [1.82, 2.24) is 9.97 Å². The number of aryl methyl sites for hydroxylation is 1. The lowest BCUT2D eigenvalue weighted by Gasteiger charge is -2.07. The third-order valence-electron chi connectivity index (χ3n) is 2.52. The van der Waals surface area contributed by atoms with E-state index in [4.69, 9.17) is 4.74 Å². The first-order chi connectivity index (χ1) is 8.63. The first kappa shape index (κ1) is 12.7. The van der Waals surface area contributed by atoms with Gasteiger partial charge in [0.2, 0.25) is 11.7 Å². The van der Waals surface area contributed by atoms with Gasteiger partial charge in [0, 0.05) is 22.4 Å². The summed E-state index contributed by atoms with van der Waals surface area (Å²) in [6.07, 6.45) is 2.96. The van der Waals surface area contributed by atoms with Crippen LogP contribution in [0.5, 0.6) is 5.88 Å². The highest BCUT2D eigenvalue weighted by molar-refractivity contribution is 9.10. The molecule has 1 aromatic carbocycles. The molecule has 0 atom stereocenters. The van der Waals surface area contributed by atoms with Crippen molar-refractivity contribution in [3.05, 3.63) is 51.9 Å². The molecule has 1 aromatic heterocycles. The Bertz CT molecular complexity index is 599. The molecular formula is C13H11BrN2O2. The van der Waals surface area contributed by atoms with Gasteiger partial charge in [0.1, 0.15) is 0 Å². The van der Waals surface area contributed by atoms with Gasteiger partial charge in [-0.2, -0.15) is 0 Å². The first-order valence-corrected chi connectivity index (χ1v) is 6.08. The van der Waals surface area contributed by atoms with Crippen LogP contribution in [-0.2, 0) is 0 Å². The molecule has 0 bridgehead atoms. The number of benzene rings is 1. The minimum atomic E-state index is -0.196. The topological polar surface area (TPSA) is 52.1 Å². The van der Waals surface area contributed by atoms with Crippen LogP contribution in [0, 0.1) is 6.92 Å². The summed E-state index contributed by atoms with van der Waals surface area (Å²) in [6.45, 7) is 1.88. The molecule has 0 saturated carbocycles. The fourth-order valence-electron chi connectivity index (χ4n) is 1.60. The second kappa shape index (κ2) is 5.27. The van der Waals surface area contributed by atoms with E-state index in [-0.39, 0.29) is 17.4 Å². The minimum Gasteiger partial charge on any atom is -0.479 e. The van der Waals surface area contributed by atoms with Crippen molar-refractivity contribution in [3.63, 3.8) is 0 Å². The molecule has 0 aliphatic rings. The molecule has 0 unspecified atom stereocenters. The van der Waals surface area contributed by atoms with E-state index >= 15 is 0 Å². The lowest BCUT2D eigenvalue weighted by atomic mass is 10.0. The Kier molecular flexibility index (Phi) is 3.72. The first-order valence-electron chi connectivity index (χ1n) is 5.29. The Balaban J connectivity index is 2.51. The normalized spacial score (nSPS) is 10.2. The Labute approximate surface area is 113 Å². The molecule has 92 valence electrons. The maximum Gasteiger partial charge on any atom is 0.243 e. The van der Waals surface area contributed by atoms with E-state index in [1.807, 2.05) is 19.1 Å². The van der Waals surface area contributed by atoms with Crippen LogP contribution in [-0.4, -0.2) is 22.9 Å². The van der Waals surface area contributed by atoms with E-state index in [0.29, 0.717) is 5.56 Å². The van der Waals surface area contributed by atoms with Crippen LogP contribution in [0.25, 0.3) is 0 Å². The molecule has 0 fully saturated rings. The molecule has 18 heavy (non-hydrogen) atoms. The number of nitrogens with zero attached hydrogens (tertiary/aromatic N) is 2. The average Bonchev–Trinajstić information content (AvgIpc) is 2.40. The van der Waals surface area contributed by atoms with Crippen LogP contribution in [0.3, 0.4) is 0 Å². The van der Waals surface area contributed by atoms with E-state index < -0.39 is 0 Å². The van der Waals surface area contributed by atoms with Gasteiger partial charge >= 0.3 is 0 Å². The Morgan fingerprint density at radius 1 is 1.28 bits per heavy atom. The van der Waals surface area contributed by atoms with Crippen LogP contribution in [0.2, 0.25) is 0 Å². The average molecular weight is 307 g/mol. The predicted molar refractivity (Wildman–Crippen MR) is 70.9 cm³/mol. The Morgan fingerprint density at radius 3 is 2.72 bits per heavy atom. The zero-order valence-corrected chi connectivity index (χ0v) is 11.6. The number of halogens is 1. The quantitative estimate of drug-likeness (QED) is 0.818. The summed E-state index contributed by atoms with van der Waals surface area (Å²) < 4.78 is 5.90. The van der Waals surface area contributed by atoms with E-state index in [9.17, 15) is 4.79 Å². The van der Waals surface area contributed by atoms with Crippen molar-refractivity contribution < 1.29 is 9.53 Å². The fourth-order valence-corrected chi connectivity index (χ4v) is 1.96. The molecule has 2 rings (SSSR count). The van der Waals surface area contributed by atoms with Gasteiger partial charge in [0.05, 0.1) is 7.11 Å². The van der Waals surface area contributed by atoms with E-state index in [0.717, 1.165) is 10.0 Å². The second-order valence-electron chi connectivity index (χ2n) is 3.70. The lowest BCUT2D eigenvalue weighted by Crippen LogP contribution is -2.09. The summed E-state index contributed by atoms with van der Waals surface area (Å²) in [4.78, 5) is 20.4. The molecule has 0 N–H and O–H groups in total. The highest BCUT2D eigenvalue weighted by Crippen LogP contribution is 2.21. The van der Waals surface area contributed by atoms with Crippen LogP contribution in [0.1, 0.15) is 21.6 Å². The van der Waals surface area contributed by atoms with Gasteiger partial charge in [0.15, 0.2) is 5.69 Å². The number of carbonyl (C=O) groups is 1. The van der Waals surface area contributed by atoms with Crippen molar-refractivity contribution in [2.24, 2.45) is 0 Å². The maximum absolute atomic E-state index is 12.4. The zero-order valence-electron chi connectivity index (χ0n) is 9.98. The number of aromatic nitrogens is 2. The fraction of sp³-hybridized carbons (Fsp3) is 0.154. The van der Waals surface area contributed by atoms with Crippen molar-refractivity contribution in [2.45, 2.75) is 6.92 Å². The molecule has 1 heterocycles. The minimum absolute atomic E-state index is 0.196. The number of rotatable bonds is 3. The number of hydrogen-bond acceptors (Lipinski definition) is 4. The summed E-state index contributed by atoms with van der Waals surface area (Å²) in [6, 6.07) is 5.53. The van der Waals surface area contributed by atoms with Crippen LogP contribution in [0.4, 0.5) is 0 Å². The molecule has 0 aliphatic carbocycles. The highest BCUT2D eigenvalue weighted by atomic mass is 79.9. The van der Waals surface area contributed by atoms with Gasteiger partial charge < -0.3 is 4.74 Å². The number of methoxy groups -OCH3 is 1. The zero-order chi connectivity index (χ0) is 13.1. The molecule has 0 spiro atoms. The highest BCUT2D eigenvalue weighted by Gasteiger charge is 2.18. The molecule has 0 aliphatic heterocycles. The number of ether oxygens (including phenoxy) is 1. The summed E-state index contributed by atoms with van der Waals surface area (Å²) >= 11 is 3.35. The smallest absolute Gasteiger partial charge is 0.243 e. The van der Waals surface area contributed by atoms with Gasteiger partial charge in [-0.25, -0.2) is 9.97 Å². The molecule has 0 radical (unpaired) electrons. The van der Waals surface area contributed by atoms with Crippen molar-refractivity contribution in [1.29, 1.82) is 0 Å². The van der Waals surface area contributed by atoms with Gasteiger partial charge in [0.25, 0.3) is 0 Å². The van der Waals surface area contributed by atoms with Crippen LogP contribution in [0.15, 0.2) is 35.1 Å². The van der Waals surface area contributed by atoms with Gasteiger partial charge in [-0.15, -0.1) is 0 Å². The van der Waals surface area contributed by atoms with Gasteiger partial charge in [-0.3, -0.25) is 4.79 Å².